The molecule has 6 heteroatoms. The van der Waals surface area contributed by atoms with Gasteiger partial charge in [0.15, 0.2) is 6.10 Å². The number of esters is 3. The Morgan fingerprint density at radius 2 is 0.476 bits per heavy atom. The quantitative estimate of drug-likeness (QED) is 0.0261. The number of ether oxygens (including phenoxy) is 3. The zero-order valence-corrected chi connectivity index (χ0v) is 53.2. The monoisotopic (exact) mass is 1130 g/mol. The summed E-state index contributed by atoms with van der Waals surface area (Å²) in [4.78, 5) is 38.3. The van der Waals surface area contributed by atoms with E-state index in [1.807, 2.05) is 0 Å². The van der Waals surface area contributed by atoms with Gasteiger partial charge in [0.25, 0.3) is 0 Å². The summed E-state index contributed by atoms with van der Waals surface area (Å²) in [5.74, 6) is -0.941. The van der Waals surface area contributed by atoms with Crippen molar-refractivity contribution in [3.8, 4) is 0 Å². The van der Waals surface area contributed by atoms with Crippen molar-refractivity contribution in [1.82, 2.24) is 0 Å². The minimum absolute atomic E-state index is 0.0964. The van der Waals surface area contributed by atoms with Gasteiger partial charge in [0.2, 0.25) is 0 Å². The zero-order valence-electron chi connectivity index (χ0n) is 53.2. The van der Waals surface area contributed by atoms with E-state index in [1.54, 1.807) is 0 Å². The number of carbonyl (C=O) groups is 3. The van der Waals surface area contributed by atoms with Crippen LogP contribution in [0.3, 0.4) is 0 Å². The first-order valence-corrected chi connectivity index (χ1v) is 33.8. The topological polar surface area (TPSA) is 78.9 Å². The number of allylic oxidation sites excluding steroid dienone is 24. The number of hydrogen-bond acceptors (Lipinski definition) is 6. The maximum atomic E-state index is 12.9. The lowest BCUT2D eigenvalue weighted by molar-refractivity contribution is -0.167. The Balaban J connectivity index is 4.41. The fraction of sp³-hybridized carbons (Fsp3) is 0.645. The van der Waals surface area contributed by atoms with Crippen LogP contribution in [0, 0.1) is 0 Å². The molecule has 1 atom stereocenters. The van der Waals surface area contributed by atoms with Gasteiger partial charge in [-0.1, -0.05) is 295 Å². The van der Waals surface area contributed by atoms with Crippen molar-refractivity contribution in [2.75, 3.05) is 13.2 Å². The average molecular weight is 1130 g/mol. The molecule has 0 N–H and O–H groups in total. The highest BCUT2D eigenvalue weighted by molar-refractivity contribution is 5.71. The van der Waals surface area contributed by atoms with E-state index >= 15 is 0 Å². The van der Waals surface area contributed by atoms with Gasteiger partial charge in [-0.3, -0.25) is 14.4 Å². The van der Waals surface area contributed by atoms with E-state index in [4.69, 9.17) is 14.2 Å². The van der Waals surface area contributed by atoms with Crippen molar-refractivity contribution >= 4 is 17.9 Å². The molecule has 0 aromatic heterocycles. The molecule has 0 aromatic rings. The number of hydrogen-bond donors (Lipinski definition) is 0. The van der Waals surface area contributed by atoms with Crippen molar-refractivity contribution in [3.63, 3.8) is 0 Å². The van der Waals surface area contributed by atoms with Crippen LogP contribution in [0.2, 0.25) is 0 Å². The molecule has 0 radical (unpaired) electrons. The standard InChI is InChI=1S/C76H124O6/c1-4-7-10-13-16-19-22-25-27-29-31-33-34-35-36-37-38-39-40-41-42-44-45-47-49-51-54-57-60-63-66-69-75(78)81-72-73(71-80-74(77)68-65-62-59-56-53-24-21-18-15-12-9-6-3)82-76(79)70-67-64-61-58-55-52-50-48-46-43-32-30-28-26-23-20-17-14-11-8-5-2/h7,10,16,19,23,25-27,30-33,35-36,38-39,41-42,45-48,51,54,73H,4-6,8-9,11-15,17-18,20-22,24,28-29,34,37,40,43-44,49-50,52-53,55-72H2,1-3H3/b10-7-,19-16-,26-23-,27-25-,32-30-,33-31-,36-35-,39-38-,42-41-,47-45-,48-46-,54-51-. The lowest BCUT2D eigenvalue weighted by Crippen LogP contribution is -2.30. The second-order valence-corrected chi connectivity index (χ2v) is 22.0. The van der Waals surface area contributed by atoms with Crippen LogP contribution in [0.4, 0.5) is 0 Å². The average Bonchev–Trinajstić information content (AvgIpc) is 3.47. The van der Waals surface area contributed by atoms with Crippen molar-refractivity contribution in [2.24, 2.45) is 0 Å². The van der Waals surface area contributed by atoms with Crippen LogP contribution >= 0.6 is 0 Å². The Morgan fingerprint density at radius 1 is 0.256 bits per heavy atom. The Labute approximate surface area is 506 Å². The molecule has 0 aliphatic rings. The van der Waals surface area contributed by atoms with Crippen LogP contribution in [-0.4, -0.2) is 37.2 Å². The predicted octanol–water partition coefficient (Wildman–Crippen LogP) is 23.5. The van der Waals surface area contributed by atoms with Crippen molar-refractivity contribution < 1.29 is 28.6 Å². The van der Waals surface area contributed by atoms with Crippen LogP contribution in [0.5, 0.6) is 0 Å². The molecular formula is C76H124O6. The summed E-state index contributed by atoms with van der Waals surface area (Å²) in [5.41, 5.74) is 0. The normalized spacial score (nSPS) is 13.1. The van der Waals surface area contributed by atoms with Crippen LogP contribution in [0.15, 0.2) is 146 Å². The Kier molecular flexibility index (Phi) is 64.8. The van der Waals surface area contributed by atoms with Gasteiger partial charge in [-0.15, -0.1) is 0 Å². The first kappa shape index (κ1) is 77.3. The predicted molar refractivity (Wildman–Crippen MR) is 357 cm³/mol. The highest BCUT2D eigenvalue weighted by atomic mass is 16.6. The molecule has 0 aliphatic heterocycles. The third-order valence-corrected chi connectivity index (χ3v) is 14.1. The smallest absolute Gasteiger partial charge is 0.306 e. The molecule has 464 valence electrons. The van der Waals surface area contributed by atoms with E-state index in [0.717, 1.165) is 148 Å². The number of rotatable bonds is 60. The number of unbranched alkanes of at least 4 members (excludes halogenated alkanes) is 25. The highest BCUT2D eigenvalue weighted by Crippen LogP contribution is 2.15. The maximum absolute atomic E-state index is 12.9. The summed E-state index contributed by atoms with van der Waals surface area (Å²) in [6.45, 7) is 6.48. The second kappa shape index (κ2) is 68.8. The van der Waals surface area contributed by atoms with E-state index in [-0.39, 0.29) is 31.1 Å². The molecule has 0 spiro atoms. The molecule has 1 unspecified atom stereocenters. The van der Waals surface area contributed by atoms with Crippen LogP contribution in [-0.2, 0) is 28.6 Å². The third kappa shape index (κ3) is 66.1. The van der Waals surface area contributed by atoms with Gasteiger partial charge < -0.3 is 14.2 Å². The molecule has 82 heavy (non-hydrogen) atoms. The van der Waals surface area contributed by atoms with Gasteiger partial charge in [-0.25, -0.2) is 0 Å². The third-order valence-electron chi connectivity index (χ3n) is 14.1. The van der Waals surface area contributed by atoms with Gasteiger partial charge >= 0.3 is 17.9 Å². The van der Waals surface area contributed by atoms with E-state index in [1.165, 1.54) is 109 Å². The lowest BCUT2D eigenvalue weighted by atomic mass is 10.0. The molecule has 0 heterocycles. The SMILES string of the molecule is CC/C=C\C/C=C\C/C=C\C/C=C\C/C=C\C/C=C\C/C=C\C/C=C\C/C=C\CCCCCC(=O)OCC(COC(=O)CCCCCCCCCCCCCC)OC(=O)CCCCCCCC/C=C\C/C=C\C/C=C\CCCCCCC. The molecule has 0 saturated heterocycles. The zero-order chi connectivity index (χ0) is 59.2. The van der Waals surface area contributed by atoms with Gasteiger partial charge in [-0.2, -0.15) is 0 Å². The number of carbonyl (C=O) groups excluding carboxylic acids is 3. The molecule has 0 amide bonds. The second-order valence-electron chi connectivity index (χ2n) is 22.0. The van der Waals surface area contributed by atoms with Crippen LogP contribution in [0.25, 0.3) is 0 Å². The summed E-state index contributed by atoms with van der Waals surface area (Å²) < 4.78 is 16.9. The van der Waals surface area contributed by atoms with E-state index in [0.29, 0.717) is 19.3 Å². The molecule has 0 aliphatic carbocycles. The molecule has 6 nitrogen and oxygen atoms in total. The van der Waals surface area contributed by atoms with E-state index in [9.17, 15) is 14.4 Å². The first-order chi connectivity index (χ1) is 40.5. The minimum Gasteiger partial charge on any atom is -0.462 e. The van der Waals surface area contributed by atoms with Crippen molar-refractivity contribution in [1.29, 1.82) is 0 Å². The maximum Gasteiger partial charge on any atom is 0.306 e. The van der Waals surface area contributed by atoms with Gasteiger partial charge in [-0.05, 0) is 128 Å². The molecule has 0 fully saturated rings. The van der Waals surface area contributed by atoms with Gasteiger partial charge in [0, 0.05) is 19.3 Å². The highest BCUT2D eigenvalue weighted by Gasteiger charge is 2.19. The summed E-state index contributed by atoms with van der Waals surface area (Å²) >= 11 is 0. The Hall–Kier alpha value is -4.71. The molecule has 0 bridgehead atoms. The molecule has 0 aromatic carbocycles. The summed E-state index contributed by atoms with van der Waals surface area (Å²) in [6, 6.07) is 0. The largest absolute Gasteiger partial charge is 0.462 e. The van der Waals surface area contributed by atoms with E-state index in [2.05, 4.69) is 167 Å². The van der Waals surface area contributed by atoms with Crippen LogP contribution in [0.1, 0.15) is 297 Å². The molecule has 0 rings (SSSR count). The lowest BCUT2D eigenvalue weighted by Gasteiger charge is -2.18. The van der Waals surface area contributed by atoms with Gasteiger partial charge in [0.1, 0.15) is 13.2 Å². The Morgan fingerprint density at radius 3 is 0.756 bits per heavy atom. The minimum atomic E-state index is -0.804. The fourth-order valence-electron chi connectivity index (χ4n) is 9.03. The molecular weight excluding hydrogens is 1010 g/mol. The van der Waals surface area contributed by atoms with Crippen molar-refractivity contribution in [2.45, 2.75) is 303 Å². The first-order valence-electron chi connectivity index (χ1n) is 33.8. The van der Waals surface area contributed by atoms with Crippen molar-refractivity contribution in [3.05, 3.63) is 146 Å². The Bertz CT molecular complexity index is 1780. The summed E-state index contributed by atoms with van der Waals surface area (Å²) in [7, 11) is 0. The summed E-state index contributed by atoms with van der Waals surface area (Å²) in [6.07, 6.45) is 98.6. The van der Waals surface area contributed by atoms with E-state index < -0.39 is 6.10 Å². The van der Waals surface area contributed by atoms with Crippen LogP contribution < -0.4 is 0 Å². The summed E-state index contributed by atoms with van der Waals surface area (Å²) in [5, 5.41) is 0. The fourth-order valence-corrected chi connectivity index (χ4v) is 9.03. The molecule has 0 saturated carbocycles. The van der Waals surface area contributed by atoms with Gasteiger partial charge in [0.05, 0.1) is 0 Å².